The highest BCUT2D eigenvalue weighted by Gasteiger charge is 2.12. The predicted octanol–water partition coefficient (Wildman–Crippen LogP) is 1.87. The minimum atomic E-state index is -0.394. The summed E-state index contributed by atoms with van der Waals surface area (Å²) in [4.78, 5) is 15.5. The van der Waals surface area contributed by atoms with Gasteiger partial charge in [-0.1, -0.05) is 0 Å². The molecule has 0 aliphatic carbocycles. The first-order chi connectivity index (χ1) is 9.01. The summed E-state index contributed by atoms with van der Waals surface area (Å²) in [6, 6.07) is 4.66. The van der Waals surface area contributed by atoms with Gasteiger partial charge in [-0.25, -0.2) is 14.1 Å². The summed E-state index contributed by atoms with van der Waals surface area (Å²) in [5, 5.41) is 4.22. The average Bonchev–Trinajstić information content (AvgIpc) is 2.74. The standard InChI is InChI=1S/C13H14FN3O2/c1-8-6-10(4-5-11(8)14)13-15-9(2)17(16-13)7-12(18)19-3/h4-6H,7H2,1-3H3. The number of aromatic nitrogens is 3. The zero-order valence-corrected chi connectivity index (χ0v) is 11.0. The average molecular weight is 263 g/mol. The summed E-state index contributed by atoms with van der Waals surface area (Å²) in [6.07, 6.45) is 0. The van der Waals surface area contributed by atoms with Crippen LogP contribution in [0.5, 0.6) is 0 Å². The Labute approximate surface area is 110 Å². The van der Waals surface area contributed by atoms with E-state index < -0.39 is 5.97 Å². The molecule has 0 saturated carbocycles. The second-order valence-electron chi connectivity index (χ2n) is 4.18. The number of esters is 1. The van der Waals surface area contributed by atoms with Crippen molar-refractivity contribution in [3.05, 3.63) is 35.4 Å². The van der Waals surface area contributed by atoms with E-state index in [4.69, 9.17) is 0 Å². The molecule has 5 nitrogen and oxygen atoms in total. The van der Waals surface area contributed by atoms with E-state index in [1.54, 1.807) is 26.0 Å². The van der Waals surface area contributed by atoms with Gasteiger partial charge in [0.05, 0.1) is 7.11 Å². The molecule has 0 N–H and O–H groups in total. The number of rotatable bonds is 3. The van der Waals surface area contributed by atoms with Crippen molar-refractivity contribution in [2.45, 2.75) is 20.4 Å². The smallest absolute Gasteiger partial charge is 0.327 e. The molecule has 0 aliphatic rings. The quantitative estimate of drug-likeness (QED) is 0.793. The van der Waals surface area contributed by atoms with Crippen LogP contribution in [0.2, 0.25) is 0 Å². The molecule has 0 spiro atoms. The molecule has 1 aromatic heterocycles. The Hall–Kier alpha value is -2.24. The van der Waals surface area contributed by atoms with Crippen LogP contribution in [0.3, 0.4) is 0 Å². The van der Waals surface area contributed by atoms with Crippen LogP contribution in [-0.2, 0) is 16.1 Å². The fraction of sp³-hybridized carbons (Fsp3) is 0.308. The molecule has 1 aromatic carbocycles. The summed E-state index contributed by atoms with van der Waals surface area (Å²) in [5.41, 5.74) is 1.24. The zero-order chi connectivity index (χ0) is 14.0. The third-order valence-corrected chi connectivity index (χ3v) is 2.78. The number of carbonyl (C=O) groups excluding carboxylic acids is 1. The summed E-state index contributed by atoms with van der Waals surface area (Å²) in [6.45, 7) is 3.43. The first-order valence-electron chi connectivity index (χ1n) is 5.76. The third-order valence-electron chi connectivity index (χ3n) is 2.78. The number of benzene rings is 1. The van der Waals surface area contributed by atoms with Crippen molar-refractivity contribution in [3.8, 4) is 11.4 Å². The molecule has 0 atom stereocenters. The largest absolute Gasteiger partial charge is 0.468 e. The lowest BCUT2D eigenvalue weighted by atomic mass is 10.1. The highest BCUT2D eigenvalue weighted by molar-refractivity contribution is 5.69. The van der Waals surface area contributed by atoms with Crippen LogP contribution in [0.4, 0.5) is 4.39 Å². The Kier molecular flexibility index (Phi) is 3.59. The molecule has 2 rings (SSSR count). The molecule has 0 unspecified atom stereocenters. The topological polar surface area (TPSA) is 57.0 Å². The molecule has 0 aliphatic heterocycles. The predicted molar refractivity (Wildman–Crippen MR) is 66.9 cm³/mol. The van der Waals surface area contributed by atoms with Gasteiger partial charge in [-0.05, 0) is 37.6 Å². The molecule has 19 heavy (non-hydrogen) atoms. The van der Waals surface area contributed by atoms with Gasteiger partial charge in [0.1, 0.15) is 18.2 Å². The van der Waals surface area contributed by atoms with Gasteiger partial charge in [0, 0.05) is 5.56 Å². The van der Waals surface area contributed by atoms with E-state index in [2.05, 4.69) is 14.8 Å². The maximum Gasteiger partial charge on any atom is 0.327 e. The van der Waals surface area contributed by atoms with E-state index >= 15 is 0 Å². The van der Waals surface area contributed by atoms with E-state index in [1.165, 1.54) is 17.9 Å². The number of halogens is 1. The summed E-state index contributed by atoms with van der Waals surface area (Å²) < 4.78 is 19.2. The fourth-order valence-electron chi connectivity index (χ4n) is 1.66. The molecule has 0 radical (unpaired) electrons. The Balaban J connectivity index is 2.33. The fourth-order valence-corrected chi connectivity index (χ4v) is 1.66. The number of carbonyl (C=O) groups is 1. The molecular weight excluding hydrogens is 249 g/mol. The molecule has 6 heteroatoms. The van der Waals surface area contributed by atoms with Crippen LogP contribution in [0, 0.1) is 19.7 Å². The number of aryl methyl sites for hydroxylation is 2. The molecule has 0 bridgehead atoms. The number of hydrogen-bond acceptors (Lipinski definition) is 4. The van der Waals surface area contributed by atoms with Crippen molar-refractivity contribution < 1.29 is 13.9 Å². The highest BCUT2D eigenvalue weighted by Crippen LogP contribution is 2.19. The number of ether oxygens (including phenoxy) is 1. The molecule has 2 aromatic rings. The van der Waals surface area contributed by atoms with E-state index in [0.29, 0.717) is 22.8 Å². The van der Waals surface area contributed by atoms with Crippen molar-refractivity contribution in [3.63, 3.8) is 0 Å². The van der Waals surface area contributed by atoms with Gasteiger partial charge < -0.3 is 4.74 Å². The van der Waals surface area contributed by atoms with Gasteiger partial charge in [-0.2, -0.15) is 5.10 Å². The normalized spacial score (nSPS) is 10.5. The van der Waals surface area contributed by atoms with E-state index in [0.717, 1.165) is 0 Å². The van der Waals surface area contributed by atoms with Gasteiger partial charge in [0.2, 0.25) is 0 Å². The highest BCUT2D eigenvalue weighted by atomic mass is 19.1. The molecule has 1 heterocycles. The first kappa shape index (κ1) is 13.2. The van der Waals surface area contributed by atoms with Gasteiger partial charge in [0.15, 0.2) is 5.82 Å². The Morgan fingerprint density at radius 1 is 1.42 bits per heavy atom. The van der Waals surface area contributed by atoms with Crippen molar-refractivity contribution >= 4 is 5.97 Å². The molecule has 0 amide bonds. The summed E-state index contributed by atoms with van der Waals surface area (Å²) >= 11 is 0. The summed E-state index contributed by atoms with van der Waals surface area (Å²) in [5.74, 6) is 0.399. The first-order valence-corrected chi connectivity index (χ1v) is 5.76. The van der Waals surface area contributed by atoms with Crippen LogP contribution in [0.15, 0.2) is 18.2 Å². The van der Waals surface area contributed by atoms with Gasteiger partial charge in [-0.15, -0.1) is 0 Å². The van der Waals surface area contributed by atoms with Crippen molar-refractivity contribution in [2.75, 3.05) is 7.11 Å². The second kappa shape index (κ2) is 5.17. The van der Waals surface area contributed by atoms with E-state index in [9.17, 15) is 9.18 Å². The lowest BCUT2D eigenvalue weighted by molar-refractivity contribution is -0.141. The Morgan fingerprint density at radius 3 is 2.79 bits per heavy atom. The minimum absolute atomic E-state index is 0.00943. The molecule has 0 fully saturated rings. The maximum atomic E-state index is 13.2. The third kappa shape index (κ3) is 2.78. The van der Waals surface area contributed by atoms with Crippen LogP contribution in [-0.4, -0.2) is 27.8 Å². The minimum Gasteiger partial charge on any atom is -0.468 e. The van der Waals surface area contributed by atoms with E-state index in [-0.39, 0.29) is 12.4 Å². The second-order valence-corrected chi connectivity index (χ2v) is 4.18. The number of nitrogens with zero attached hydrogens (tertiary/aromatic N) is 3. The monoisotopic (exact) mass is 263 g/mol. The maximum absolute atomic E-state index is 13.2. The molecule has 100 valence electrons. The number of methoxy groups -OCH3 is 1. The van der Waals surface area contributed by atoms with Gasteiger partial charge in [0.25, 0.3) is 0 Å². The number of hydrogen-bond donors (Lipinski definition) is 0. The van der Waals surface area contributed by atoms with Gasteiger partial charge in [-0.3, -0.25) is 4.79 Å². The molecular formula is C13H14FN3O2. The lowest BCUT2D eigenvalue weighted by Gasteiger charge is -2.00. The van der Waals surface area contributed by atoms with Crippen LogP contribution in [0.25, 0.3) is 11.4 Å². The molecule has 0 saturated heterocycles. The lowest BCUT2D eigenvalue weighted by Crippen LogP contribution is -2.13. The summed E-state index contributed by atoms with van der Waals surface area (Å²) in [7, 11) is 1.32. The van der Waals surface area contributed by atoms with Crippen molar-refractivity contribution in [1.82, 2.24) is 14.8 Å². The van der Waals surface area contributed by atoms with E-state index in [1.807, 2.05) is 0 Å². The SMILES string of the molecule is COC(=O)Cn1nc(-c2ccc(F)c(C)c2)nc1C. The Morgan fingerprint density at radius 2 is 2.16 bits per heavy atom. The Bertz CT molecular complexity index is 622. The zero-order valence-electron chi connectivity index (χ0n) is 11.0. The van der Waals surface area contributed by atoms with Crippen molar-refractivity contribution in [1.29, 1.82) is 0 Å². The van der Waals surface area contributed by atoms with Crippen LogP contribution >= 0.6 is 0 Å². The van der Waals surface area contributed by atoms with Crippen molar-refractivity contribution in [2.24, 2.45) is 0 Å². The van der Waals surface area contributed by atoms with Gasteiger partial charge >= 0.3 is 5.97 Å². The van der Waals surface area contributed by atoms with Crippen LogP contribution < -0.4 is 0 Å². The van der Waals surface area contributed by atoms with Crippen LogP contribution in [0.1, 0.15) is 11.4 Å².